The highest BCUT2D eigenvalue weighted by molar-refractivity contribution is 6.31. The number of aromatic nitrogens is 2. The summed E-state index contributed by atoms with van der Waals surface area (Å²) in [5, 5.41) is 7.94. The molecular formula is C14H17ClN4O. The predicted octanol–water partition coefficient (Wildman–Crippen LogP) is 2.39. The molecule has 0 aliphatic heterocycles. The Morgan fingerprint density at radius 1 is 1.40 bits per heavy atom. The average Bonchev–Trinajstić information content (AvgIpc) is 2.81. The maximum atomic E-state index is 12.1. The summed E-state index contributed by atoms with van der Waals surface area (Å²) in [6.07, 6.45) is 1.74. The van der Waals surface area contributed by atoms with E-state index in [1.54, 1.807) is 48.1 Å². The molecule has 2 rings (SSSR count). The topological polar surface area (TPSA) is 50.2 Å². The molecule has 1 heterocycles. The maximum Gasteiger partial charge on any atom is 0.255 e. The number of anilines is 1. The van der Waals surface area contributed by atoms with Crippen LogP contribution in [0.25, 0.3) is 0 Å². The number of rotatable bonds is 4. The van der Waals surface area contributed by atoms with Crippen LogP contribution in [-0.2, 0) is 13.6 Å². The molecule has 6 heteroatoms. The van der Waals surface area contributed by atoms with Crippen molar-refractivity contribution in [2.24, 2.45) is 7.05 Å². The molecule has 1 N–H and O–H groups in total. The zero-order valence-corrected chi connectivity index (χ0v) is 12.5. The van der Waals surface area contributed by atoms with Crippen LogP contribution in [0.2, 0.25) is 5.02 Å². The molecule has 0 radical (unpaired) electrons. The second kappa shape index (κ2) is 5.96. The Bertz CT molecular complexity index is 621. The van der Waals surface area contributed by atoms with Gasteiger partial charge < -0.3 is 10.2 Å². The first-order valence-corrected chi connectivity index (χ1v) is 6.59. The lowest BCUT2D eigenvalue weighted by Gasteiger charge is -2.15. The van der Waals surface area contributed by atoms with Gasteiger partial charge in [-0.15, -0.1) is 0 Å². The molecule has 1 aromatic carbocycles. The number of hydrogen-bond donors (Lipinski definition) is 1. The second-order valence-corrected chi connectivity index (χ2v) is 5.13. The minimum atomic E-state index is -0.0610. The van der Waals surface area contributed by atoms with Gasteiger partial charge in [-0.25, -0.2) is 0 Å². The normalized spacial score (nSPS) is 10.4. The molecule has 20 heavy (non-hydrogen) atoms. The van der Waals surface area contributed by atoms with Gasteiger partial charge in [-0.3, -0.25) is 9.48 Å². The van der Waals surface area contributed by atoms with Crippen molar-refractivity contribution in [1.82, 2.24) is 14.7 Å². The molecule has 0 saturated carbocycles. The van der Waals surface area contributed by atoms with Crippen LogP contribution in [0.1, 0.15) is 16.1 Å². The Morgan fingerprint density at radius 3 is 2.75 bits per heavy atom. The summed E-state index contributed by atoms with van der Waals surface area (Å²) < 4.78 is 1.78. The van der Waals surface area contributed by atoms with E-state index in [1.165, 1.54) is 0 Å². The monoisotopic (exact) mass is 292 g/mol. The van der Waals surface area contributed by atoms with E-state index in [9.17, 15) is 4.79 Å². The molecule has 0 aliphatic rings. The van der Waals surface area contributed by atoms with Gasteiger partial charge in [0.15, 0.2) is 0 Å². The SMILES string of the molecule is CN(C)C(=O)c1ccc(Cl)cc1NCc1ccnn1C. The van der Waals surface area contributed by atoms with Crippen molar-refractivity contribution in [3.63, 3.8) is 0 Å². The van der Waals surface area contributed by atoms with Crippen LogP contribution in [0.4, 0.5) is 5.69 Å². The molecule has 106 valence electrons. The van der Waals surface area contributed by atoms with Gasteiger partial charge in [0, 0.05) is 38.0 Å². The van der Waals surface area contributed by atoms with Crippen LogP contribution in [0.5, 0.6) is 0 Å². The fraction of sp³-hybridized carbons (Fsp3) is 0.286. The van der Waals surface area contributed by atoms with Gasteiger partial charge in [-0.05, 0) is 24.3 Å². The Hall–Kier alpha value is -2.01. The Balaban J connectivity index is 2.24. The van der Waals surface area contributed by atoms with E-state index < -0.39 is 0 Å². The van der Waals surface area contributed by atoms with E-state index in [-0.39, 0.29) is 5.91 Å². The second-order valence-electron chi connectivity index (χ2n) is 4.69. The number of hydrogen-bond acceptors (Lipinski definition) is 3. The molecule has 0 fully saturated rings. The number of carbonyl (C=O) groups is 1. The molecule has 0 bridgehead atoms. The van der Waals surface area contributed by atoms with Crippen LogP contribution in [0.3, 0.4) is 0 Å². The van der Waals surface area contributed by atoms with E-state index in [0.29, 0.717) is 17.1 Å². The summed E-state index contributed by atoms with van der Waals surface area (Å²) in [5.41, 5.74) is 2.34. The van der Waals surface area contributed by atoms with Gasteiger partial charge in [-0.2, -0.15) is 5.10 Å². The third-order valence-electron chi connectivity index (χ3n) is 3.00. The van der Waals surface area contributed by atoms with Crippen LogP contribution < -0.4 is 5.32 Å². The van der Waals surface area contributed by atoms with E-state index in [2.05, 4.69) is 10.4 Å². The highest BCUT2D eigenvalue weighted by Crippen LogP contribution is 2.22. The number of halogens is 1. The first-order valence-electron chi connectivity index (χ1n) is 6.21. The summed E-state index contributed by atoms with van der Waals surface area (Å²) >= 11 is 6.01. The van der Waals surface area contributed by atoms with Crippen LogP contribution in [0.15, 0.2) is 30.5 Å². The van der Waals surface area contributed by atoms with E-state index in [4.69, 9.17) is 11.6 Å². The summed E-state index contributed by atoms with van der Waals surface area (Å²) in [6.45, 7) is 0.574. The van der Waals surface area contributed by atoms with Crippen molar-refractivity contribution in [2.75, 3.05) is 19.4 Å². The van der Waals surface area contributed by atoms with Crippen molar-refractivity contribution in [2.45, 2.75) is 6.54 Å². The maximum absolute atomic E-state index is 12.1. The number of benzene rings is 1. The molecule has 0 saturated heterocycles. The van der Waals surface area contributed by atoms with E-state index >= 15 is 0 Å². The number of nitrogens with one attached hydrogen (secondary N) is 1. The fourth-order valence-electron chi connectivity index (χ4n) is 1.85. The summed E-state index contributed by atoms with van der Waals surface area (Å²) in [7, 11) is 5.32. The van der Waals surface area contributed by atoms with Crippen LogP contribution >= 0.6 is 11.6 Å². The van der Waals surface area contributed by atoms with Crippen molar-refractivity contribution in [1.29, 1.82) is 0 Å². The average molecular weight is 293 g/mol. The van der Waals surface area contributed by atoms with E-state index in [0.717, 1.165) is 11.4 Å². The Morgan fingerprint density at radius 2 is 2.15 bits per heavy atom. The lowest BCUT2D eigenvalue weighted by atomic mass is 10.1. The lowest BCUT2D eigenvalue weighted by molar-refractivity contribution is 0.0828. The molecule has 0 unspecified atom stereocenters. The molecular weight excluding hydrogens is 276 g/mol. The third kappa shape index (κ3) is 3.11. The molecule has 1 aromatic heterocycles. The zero-order valence-electron chi connectivity index (χ0n) is 11.7. The van der Waals surface area contributed by atoms with Crippen molar-refractivity contribution in [3.05, 3.63) is 46.7 Å². The molecule has 0 aliphatic carbocycles. The minimum absolute atomic E-state index is 0.0610. The summed E-state index contributed by atoms with van der Waals surface area (Å²) in [6, 6.07) is 7.13. The zero-order chi connectivity index (χ0) is 14.7. The molecule has 2 aromatic rings. The number of aryl methyl sites for hydroxylation is 1. The number of carbonyl (C=O) groups excluding carboxylic acids is 1. The molecule has 1 amide bonds. The van der Waals surface area contributed by atoms with Gasteiger partial charge in [-0.1, -0.05) is 11.6 Å². The van der Waals surface area contributed by atoms with Crippen molar-refractivity contribution >= 4 is 23.2 Å². The first kappa shape index (κ1) is 14.4. The minimum Gasteiger partial charge on any atom is -0.379 e. The van der Waals surface area contributed by atoms with E-state index in [1.807, 2.05) is 13.1 Å². The van der Waals surface area contributed by atoms with Gasteiger partial charge in [0.05, 0.1) is 17.8 Å². The fourth-order valence-corrected chi connectivity index (χ4v) is 2.02. The van der Waals surface area contributed by atoms with Gasteiger partial charge in [0.1, 0.15) is 0 Å². The number of nitrogens with zero attached hydrogens (tertiary/aromatic N) is 3. The third-order valence-corrected chi connectivity index (χ3v) is 3.24. The lowest BCUT2D eigenvalue weighted by Crippen LogP contribution is -2.23. The number of amides is 1. The highest BCUT2D eigenvalue weighted by atomic mass is 35.5. The van der Waals surface area contributed by atoms with Crippen molar-refractivity contribution < 1.29 is 4.79 Å². The van der Waals surface area contributed by atoms with Gasteiger partial charge in [0.25, 0.3) is 5.91 Å². The molecule has 0 atom stereocenters. The summed E-state index contributed by atoms with van der Waals surface area (Å²) in [4.78, 5) is 13.7. The van der Waals surface area contributed by atoms with Gasteiger partial charge in [0.2, 0.25) is 0 Å². The standard InChI is InChI=1S/C14H17ClN4O/c1-18(2)14(20)12-5-4-10(15)8-13(12)16-9-11-6-7-17-19(11)3/h4-8,16H,9H2,1-3H3. The highest BCUT2D eigenvalue weighted by Gasteiger charge is 2.14. The smallest absolute Gasteiger partial charge is 0.255 e. The van der Waals surface area contributed by atoms with Crippen LogP contribution in [-0.4, -0.2) is 34.7 Å². The Kier molecular flexibility index (Phi) is 4.29. The molecule has 5 nitrogen and oxygen atoms in total. The van der Waals surface area contributed by atoms with Crippen LogP contribution in [0, 0.1) is 0 Å². The quantitative estimate of drug-likeness (QED) is 0.941. The Labute approximate surface area is 123 Å². The van der Waals surface area contributed by atoms with Crippen molar-refractivity contribution in [3.8, 4) is 0 Å². The summed E-state index contributed by atoms with van der Waals surface area (Å²) in [5.74, 6) is -0.0610. The first-order chi connectivity index (χ1) is 9.49. The van der Waals surface area contributed by atoms with Gasteiger partial charge >= 0.3 is 0 Å². The molecule has 0 spiro atoms. The predicted molar refractivity (Wildman–Crippen MR) is 80.0 cm³/mol. The largest absolute Gasteiger partial charge is 0.379 e.